The van der Waals surface area contributed by atoms with Crippen LogP contribution in [-0.4, -0.2) is 23.5 Å². The summed E-state index contributed by atoms with van der Waals surface area (Å²) in [5.41, 5.74) is 0. The van der Waals surface area contributed by atoms with Crippen LogP contribution in [0.1, 0.15) is 20.8 Å². The van der Waals surface area contributed by atoms with Crippen molar-refractivity contribution in [3.63, 3.8) is 0 Å². The Bertz CT molecular complexity index is 73.6. The van der Waals surface area contributed by atoms with Gasteiger partial charge in [0.15, 0.2) is 0 Å². The quantitative estimate of drug-likeness (QED) is 0.550. The van der Waals surface area contributed by atoms with E-state index in [9.17, 15) is 0 Å². The Morgan fingerprint density at radius 2 is 1.33 bits per heavy atom. The highest BCUT2D eigenvalue weighted by Crippen LogP contribution is 2.26. The smallest absolute Gasteiger partial charge is 0.326 e. The van der Waals surface area contributed by atoms with Crippen molar-refractivity contribution in [3.05, 3.63) is 0 Å². The molecular weight excluding hydrogens is 132 g/mol. The van der Waals surface area contributed by atoms with Gasteiger partial charge in [-0.2, -0.15) is 0 Å². The van der Waals surface area contributed by atoms with Gasteiger partial charge in [-0.15, -0.1) is 0 Å². The summed E-state index contributed by atoms with van der Waals surface area (Å²) >= 11 is 0. The van der Waals surface area contributed by atoms with Crippen LogP contribution in [0.15, 0.2) is 0 Å². The van der Waals surface area contributed by atoms with E-state index in [2.05, 4.69) is 20.8 Å². The predicted octanol–water partition coefficient (Wildman–Crippen LogP) is 1.30. The molecule has 0 spiro atoms. The van der Waals surface area contributed by atoms with Crippen LogP contribution in [0, 0.1) is 0 Å². The molecule has 0 aliphatic carbocycles. The number of hydrogen-bond donors (Lipinski definition) is 0. The molecule has 0 saturated heterocycles. The summed E-state index contributed by atoms with van der Waals surface area (Å²) in [7, 11) is 2.05. The fraction of sp³-hybridized carbons (Fsp3) is 1.00. The zero-order chi connectivity index (χ0) is 7.49. The maximum Gasteiger partial charge on any atom is 0.326 e. The molecule has 0 N–H and O–H groups in total. The molecule has 0 rings (SSSR count). The molecule has 0 unspecified atom stereocenters. The second-order valence-corrected chi connectivity index (χ2v) is 6.51. The topological polar surface area (TPSA) is 18.5 Å². The minimum Gasteiger partial charge on any atom is -0.400 e. The molecule has 0 aliphatic rings. The van der Waals surface area contributed by atoms with Gasteiger partial charge < -0.3 is 8.85 Å². The van der Waals surface area contributed by atoms with Crippen LogP contribution in [0.2, 0.25) is 5.04 Å². The Kier molecular flexibility index (Phi) is 3.39. The molecule has 0 amide bonds. The van der Waals surface area contributed by atoms with Gasteiger partial charge in [0.25, 0.3) is 0 Å². The third kappa shape index (κ3) is 2.98. The maximum atomic E-state index is 5.18. The molecule has 0 bridgehead atoms. The van der Waals surface area contributed by atoms with E-state index in [1.54, 1.807) is 14.2 Å². The summed E-state index contributed by atoms with van der Waals surface area (Å²) in [5, 5.41) is 0.212. The van der Waals surface area contributed by atoms with E-state index >= 15 is 0 Å². The van der Waals surface area contributed by atoms with Gasteiger partial charge in [-0.1, -0.05) is 20.8 Å². The minimum absolute atomic E-state index is 0.212. The fourth-order valence-electron chi connectivity index (χ4n) is 0.803. The highest BCUT2D eigenvalue weighted by atomic mass is 28.3. The van der Waals surface area contributed by atoms with Crippen LogP contribution in [-0.2, 0) is 8.85 Å². The lowest BCUT2D eigenvalue weighted by molar-refractivity contribution is 0.251. The molecule has 2 nitrogen and oxygen atoms in total. The Morgan fingerprint density at radius 3 is 1.33 bits per heavy atom. The first-order valence-corrected chi connectivity index (χ1v) is 4.60. The zero-order valence-electron chi connectivity index (χ0n) is 6.89. The van der Waals surface area contributed by atoms with Crippen LogP contribution >= 0.6 is 0 Å². The Balaban J connectivity index is 3.79. The second kappa shape index (κ2) is 3.34. The van der Waals surface area contributed by atoms with Crippen molar-refractivity contribution in [2.45, 2.75) is 25.8 Å². The third-order valence-electron chi connectivity index (χ3n) is 1.14. The van der Waals surface area contributed by atoms with E-state index in [0.717, 1.165) is 0 Å². The molecule has 0 aromatic carbocycles. The van der Waals surface area contributed by atoms with Crippen molar-refractivity contribution in [1.29, 1.82) is 0 Å². The average Bonchev–Trinajstić information content (AvgIpc) is 1.65. The van der Waals surface area contributed by atoms with E-state index in [-0.39, 0.29) is 5.04 Å². The monoisotopic (exact) mass is 148 g/mol. The zero-order valence-corrected chi connectivity index (χ0v) is 8.05. The summed E-state index contributed by atoms with van der Waals surface area (Å²) in [4.78, 5) is 0. The molecule has 9 heavy (non-hydrogen) atoms. The lowest BCUT2D eigenvalue weighted by Gasteiger charge is -2.24. The first-order chi connectivity index (χ1) is 4.02. The molecule has 3 heteroatoms. The van der Waals surface area contributed by atoms with E-state index in [1.807, 2.05) is 0 Å². The summed E-state index contributed by atoms with van der Waals surface area (Å²) in [6.45, 7) is 6.41. The summed E-state index contributed by atoms with van der Waals surface area (Å²) in [6, 6.07) is 0. The van der Waals surface area contributed by atoms with Crippen molar-refractivity contribution in [2.75, 3.05) is 14.2 Å². The first-order valence-electron chi connectivity index (χ1n) is 3.08. The third-order valence-corrected chi connectivity index (χ3v) is 3.41. The maximum absolute atomic E-state index is 5.18. The van der Waals surface area contributed by atoms with E-state index in [0.29, 0.717) is 0 Å². The highest BCUT2D eigenvalue weighted by Gasteiger charge is 2.27. The van der Waals surface area contributed by atoms with Crippen molar-refractivity contribution >= 4 is 9.28 Å². The van der Waals surface area contributed by atoms with Crippen molar-refractivity contribution in [2.24, 2.45) is 0 Å². The highest BCUT2D eigenvalue weighted by molar-refractivity contribution is 6.48. The minimum atomic E-state index is -1.38. The lowest BCUT2D eigenvalue weighted by Crippen LogP contribution is -2.30. The van der Waals surface area contributed by atoms with Gasteiger partial charge in [0.05, 0.1) is 0 Å². The average molecular weight is 148 g/mol. The van der Waals surface area contributed by atoms with Crippen LogP contribution in [0.25, 0.3) is 0 Å². The molecule has 0 saturated carbocycles. The van der Waals surface area contributed by atoms with Crippen LogP contribution in [0.4, 0.5) is 0 Å². The van der Waals surface area contributed by atoms with E-state index < -0.39 is 9.28 Å². The summed E-state index contributed by atoms with van der Waals surface area (Å²) in [6.07, 6.45) is 0. The standard InChI is InChI=1S/C6H16O2Si/c1-6(2,3)9(7-4)8-5/h9H,1-5H3. The van der Waals surface area contributed by atoms with Gasteiger partial charge in [-0.25, -0.2) is 0 Å². The van der Waals surface area contributed by atoms with Crippen molar-refractivity contribution < 1.29 is 8.85 Å². The number of rotatable bonds is 2. The predicted molar refractivity (Wildman–Crippen MR) is 40.9 cm³/mol. The van der Waals surface area contributed by atoms with Gasteiger partial charge in [0.1, 0.15) is 0 Å². The van der Waals surface area contributed by atoms with Crippen LogP contribution < -0.4 is 0 Å². The Hall–Kier alpha value is 0.137. The molecule has 0 atom stereocenters. The van der Waals surface area contributed by atoms with E-state index in [1.165, 1.54) is 0 Å². The summed E-state index contributed by atoms with van der Waals surface area (Å²) < 4.78 is 10.4. The van der Waals surface area contributed by atoms with Crippen molar-refractivity contribution in [3.8, 4) is 0 Å². The Labute approximate surface area is 59.0 Å². The first kappa shape index (κ1) is 9.14. The molecule has 0 radical (unpaired) electrons. The molecule has 0 aromatic heterocycles. The summed E-state index contributed by atoms with van der Waals surface area (Å²) in [5.74, 6) is 0. The fourth-order valence-corrected chi connectivity index (χ4v) is 2.41. The normalized spacial score (nSPS) is 12.7. The van der Waals surface area contributed by atoms with Gasteiger partial charge in [-0.05, 0) is 0 Å². The lowest BCUT2D eigenvalue weighted by atomic mass is 10.3. The van der Waals surface area contributed by atoms with Gasteiger partial charge in [0.2, 0.25) is 0 Å². The molecule has 0 heterocycles. The second-order valence-electron chi connectivity index (χ2n) is 3.17. The molecule has 0 fully saturated rings. The molecule has 56 valence electrons. The van der Waals surface area contributed by atoms with Gasteiger partial charge >= 0.3 is 9.28 Å². The van der Waals surface area contributed by atoms with Crippen LogP contribution in [0.3, 0.4) is 0 Å². The van der Waals surface area contributed by atoms with E-state index in [4.69, 9.17) is 8.85 Å². The van der Waals surface area contributed by atoms with Gasteiger partial charge in [0, 0.05) is 19.3 Å². The molecule has 0 aromatic rings. The Morgan fingerprint density at radius 1 is 1.00 bits per heavy atom. The molecular formula is C6H16O2Si. The van der Waals surface area contributed by atoms with Gasteiger partial charge in [-0.3, -0.25) is 0 Å². The SMILES string of the molecule is CO[SiH](OC)C(C)(C)C. The number of hydrogen-bond acceptors (Lipinski definition) is 2. The largest absolute Gasteiger partial charge is 0.400 e. The van der Waals surface area contributed by atoms with Crippen molar-refractivity contribution in [1.82, 2.24) is 0 Å². The molecule has 0 aliphatic heterocycles. The van der Waals surface area contributed by atoms with Crippen LogP contribution in [0.5, 0.6) is 0 Å².